The van der Waals surface area contributed by atoms with Crippen molar-refractivity contribution in [2.45, 2.75) is 56.0 Å². The number of aromatic nitrogens is 2. The van der Waals surface area contributed by atoms with Crippen molar-refractivity contribution in [1.82, 2.24) is 9.97 Å². The summed E-state index contributed by atoms with van der Waals surface area (Å²) in [5, 5.41) is 11.8. The van der Waals surface area contributed by atoms with Gasteiger partial charge >= 0.3 is 0 Å². The molecule has 0 aromatic carbocycles. The number of nitrogens with one attached hydrogen (secondary N) is 1. The fourth-order valence-electron chi connectivity index (χ4n) is 6.39. The van der Waals surface area contributed by atoms with E-state index < -0.39 is 5.60 Å². The summed E-state index contributed by atoms with van der Waals surface area (Å²) in [6, 6.07) is 0. The zero-order valence-corrected chi connectivity index (χ0v) is 13.6. The molecule has 1 aromatic rings. The molecule has 0 radical (unpaired) electrons. The van der Waals surface area contributed by atoms with Crippen LogP contribution >= 0.6 is 0 Å². The third-order valence-corrected chi connectivity index (χ3v) is 7.26. The summed E-state index contributed by atoms with van der Waals surface area (Å²) in [5.41, 5.74) is -0.669. The topological polar surface area (TPSA) is 48.9 Å². The highest BCUT2D eigenvalue weighted by atomic mass is 16.3. The average Bonchev–Trinajstić information content (AvgIpc) is 3.08. The van der Waals surface area contributed by atoms with Gasteiger partial charge in [0, 0.05) is 12.4 Å². The van der Waals surface area contributed by atoms with Gasteiger partial charge in [0.1, 0.15) is 5.82 Å². The molecule has 3 nitrogen and oxygen atoms in total. The minimum absolute atomic E-state index is 0.164. The van der Waals surface area contributed by atoms with Gasteiger partial charge in [-0.2, -0.15) is 0 Å². The zero-order chi connectivity index (χ0) is 15.5. The maximum absolute atomic E-state index is 11.8. The fraction of sp³-hybridized carbons (Fsp3) is 0.650. The number of nitrogens with zero attached hydrogens (tertiary/aromatic N) is 1. The molecule has 0 amide bonds. The van der Waals surface area contributed by atoms with Crippen molar-refractivity contribution in [3.8, 4) is 0 Å². The maximum Gasteiger partial charge on any atom is 0.116 e. The van der Waals surface area contributed by atoms with Crippen LogP contribution in [0, 0.1) is 23.7 Å². The minimum atomic E-state index is -0.504. The van der Waals surface area contributed by atoms with Crippen molar-refractivity contribution in [3.63, 3.8) is 0 Å². The standard InChI is InChI=1S/C20H26N2O/c23-20(16-9-14-8-15(11-16)12-17(20)10-14)13-19(4-2-1-3-5-19)18-21-6-7-22-18/h1-4,6-7,14-17,23H,5,8-13H2,(H,21,22). The highest BCUT2D eigenvalue weighted by molar-refractivity contribution is 5.30. The molecule has 23 heavy (non-hydrogen) atoms. The van der Waals surface area contributed by atoms with E-state index in [1.54, 1.807) is 0 Å². The largest absolute Gasteiger partial charge is 0.389 e. The van der Waals surface area contributed by atoms with Crippen LogP contribution in [-0.4, -0.2) is 20.7 Å². The lowest BCUT2D eigenvalue weighted by atomic mass is 9.47. The fourth-order valence-corrected chi connectivity index (χ4v) is 6.39. The first-order valence-corrected chi connectivity index (χ1v) is 9.24. The Morgan fingerprint density at radius 2 is 1.83 bits per heavy atom. The van der Waals surface area contributed by atoms with Gasteiger partial charge in [0.05, 0.1) is 11.0 Å². The van der Waals surface area contributed by atoms with E-state index in [1.165, 1.54) is 32.1 Å². The van der Waals surface area contributed by atoms with Crippen molar-refractivity contribution >= 4 is 0 Å². The third kappa shape index (κ3) is 2.02. The van der Waals surface area contributed by atoms with Gasteiger partial charge in [-0.3, -0.25) is 0 Å². The lowest BCUT2D eigenvalue weighted by Gasteiger charge is -2.60. The molecule has 5 aliphatic rings. The summed E-state index contributed by atoms with van der Waals surface area (Å²) in [4.78, 5) is 7.90. The Morgan fingerprint density at radius 1 is 1.09 bits per heavy atom. The van der Waals surface area contributed by atoms with Crippen LogP contribution in [0.25, 0.3) is 0 Å². The van der Waals surface area contributed by atoms with Crippen LogP contribution in [-0.2, 0) is 5.41 Å². The quantitative estimate of drug-likeness (QED) is 0.893. The molecule has 122 valence electrons. The Balaban J connectivity index is 1.51. The van der Waals surface area contributed by atoms with Gasteiger partial charge in [0.15, 0.2) is 0 Å². The van der Waals surface area contributed by atoms with Gasteiger partial charge in [-0.05, 0) is 68.6 Å². The number of imidazole rings is 1. The Bertz CT molecular complexity index is 617. The van der Waals surface area contributed by atoms with Gasteiger partial charge in [-0.15, -0.1) is 0 Å². The molecule has 2 N–H and O–H groups in total. The first kappa shape index (κ1) is 14.0. The van der Waals surface area contributed by atoms with E-state index in [4.69, 9.17) is 0 Å². The number of aromatic amines is 1. The molecule has 1 heterocycles. The summed E-state index contributed by atoms with van der Waals surface area (Å²) < 4.78 is 0. The van der Waals surface area contributed by atoms with E-state index in [-0.39, 0.29) is 5.41 Å². The van der Waals surface area contributed by atoms with Crippen LogP contribution < -0.4 is 0 Å². The molecule has 3 heteroatoms. The lowest BCUT2D eigenvalue weighted by Crippen LogP contribution is -2.59. The van der Waals surface area contributed by atoms with Gasteiger partial charge in [-0.25, -0.2) is 4.98 Å². The van der Waals surface area contributed by atoms with Crippen molar-refractivity contribution in [3.05, 3.63) is 42.5 Å². The molecule has 4 saturated carbocycles. The van der Waals surface area contributed by atoms with E-state index >= 15 is 0 Å². The molecule has 0 spiro atoms. The van der Waals surface area contributed by atoms with Crippen molar-refractivity contribution in [2.75, 3.05) is 0 Å². The van der Waals surface area contributed by atoms with Crippen LogP contribution in [0.2, 0.25) is 0 Å². The summed E-state index contributed by atoms with van der Waals surface area (Å²) in [6.45, 7) is 0. The molecule has 4 fully saturated rings. The maximum atomic E-state index is 11.8. The molecule has 4 bridgehead atoms. The van der Waals surface area contributed by atoms with Gasteiger partial charge in [-0.1, -0.05) is 24.3 Å². The van der Waals surface area contributed by atoms with Gasteiger partial charge in [0.25, 0.3) is 0 Å². The minimum Gasteiger partial charge on any atom is -0.389 e. The lowest BCUT2D eigenvalue weighted by molar-refractivity contribution is -0.182. The summed E-state index contributed by atoms with van der Waals surface area (Å²) in [5.74, 6) is 3.80. The second-order valence-corrected chi connectivity index (χ2v) is 8.56. The second kappa shape index (κ2) is 4.83. The van der Waals surface area contributed by atoms with E-state index in [0.29, 0.717) is 11.8 Å². The second-order valence-electron chi connectivity index (χ2n) is 8.56. The monoisotopic (exact) mass is 310 g/mol. The summed E-state index contributed by atoms with van der Waals surface area (Å²) >= 11 is 0. The Morgan fingerprint density at radius 3 is 2.39 bits per heavy atom. The molecule has 1 aromatic heterocycles. The predicted octanol–water partition coefficient (Wildman–Crippen LogP) is 3.74. The van der Waals surface area contributed by atoms with Crippen molar-refractivity contribution in [2.24, 2.45) is 23.7 Å². The number of aliphatic hydroxyl groups is 1. The number of hydrogen-bond acceptors (Lipinski definition) is 2. The van der Waals surface area contributed by atoms with E-state index in [9.17, 15) is 5.11 Å². The molecular formula is C20H26N2O. The van der Waals surface area contributed by atoms with Crippen LogP contribution in [0.5, 0.6) is 0 Å². The summed E-state index contributed by atoms with van der Waals surface area (Å²) in [7, 11) is 0. The number of allylic oxidation sites excluding steroid dienone is 4. The first-order chi connectivity index (χ1) is 11.2. The van der Waals surface area contributed by atoms with E-state index in [2.05, 4.69) is 34.3 Å². The van der Waals surface area contributed by atoms with Gasteiger partial charge in [0.2, 0.25) is 0 Å². The molecule has 1 unspecified atom stereocenters. The Hall–Kier alpha value is -1.35. The van der Waals surface area contributed by atoms with Crippen molar-refractivity contribution < 1.29 is 5.11 Å². The SMILES string of the molecule is OC1(CC2(c3ncc[nH]3)C=CC=CC2)C2CC3CC(C2)CC1C3. The zero-order valence-electron chi connectivity index (χ0n) is 13.6. The molecule has 5 aliphatic carbocycles. The summed E-state index contributed by atoms with van der Waals surface area (Å²) in [6.07, 6.45) is 20.7. The van der Waals surface area contributed by atoms with Crippen LogP contribution in [0.3, 0.4) is 0 Å². The van der Waals surface area contributed by atoms with Crippen LogP contribution in [0.4, 0.5) is 0 Å². The Labute approximate surface area is 137 Å². The number of rotatable bonds is 3. The molecule has 0 saturated heterocycles. The van der Waals surface area contributed by atoms with Gasteiger partial charge < -0.3 is 10.1 Å². The average molecular weight is 310 g/mol. The molecule has 1 atom stereocenters. The van der Waals surface area contributed by atoms with Crippen LogP contribution in [0.15, 0.2) is 36.7 Å². The first-order valence-electron chi connectivity index (χ1n) is 9.24. The third-order valence-electron chi connectivity index (χ3n) is 7.26. The number of hydrogen-bond donors (Lipinski definition) is 2. The number of H-pyrrole nitrogens is 1. The van der Waals surface area contributed by atoms with Crippen LogP contribution in [0.1, 0.15) is 50.8 Å². The van der Waals surface area contributed by atoms with Crippen molar-refractivity contribution in [1.29, 1.82) is 0 Å². The van der Waals surface area contributed by atoms with E-state index in [1.807, 2.05) is 12.4 Å². The highest BCUT2D eigenvalue weighted by Crippen LogP contribution is 2.61. The predicted molar refractivity (Wildman–Crippen MR) is 89.8 cm³/mol. The molecule has 6 rings (SSSR count). The molecule has 0 aliphatic heterocycles. The smallest absolute Gasteiger partial charge is 0.116 e. The molecular weight excluding hydrogens is 284 g/mol. The normalized spacial score (nSPS) is 47.3. The van der Waals surface area contributed by atoms with E-state index in [0.717, 1.165) is 30.5 Å². The Kier molecular flexibility index (Phi) is 2.94. The highest BCUT2D eigenvalue weighted by Gasteiger charge is 2.58.